The highest BCUT2D eigenvalue weighted by molar-refractivity contribution is 9.10. The molecule has 1 amide bonds. The molecule has 4 rings (SSSR count). The summed E-state index contributed by atoms with van der Waals surface area (Å²) in [4.78, 5) is 24.5. The van der Waals surface area contributed by atoms with Gasteiger partial charge in [0, 0.05) is 36.4 Å². The Morgan fingerprint density at radius 2 is 2.00 bits per heavy atom. The van der Waals surface area contributed by atoms with Gasteiger partial charge >= 0.3 is 0 Å². The largest absolute Gasteiger partial charge is 0.352 e. The zero-order valence-electron chi connectivity index (χ0n) is 14.9. The first-order valence-electron chi connectivity index (χ1n) is 8.97. The molecular formula is C20H18BrFN4OS. The van der Waals surface area contributed by atoms with E-state index >= 15 is 0 Å². The van der Waals surface area contributed by atoms with E-state index in [1.54, 1.807) is 24.5 Å². The van der Waals surface area contributed by atoms with Gasteiger partial charge in [0.05, 0.1) is 10.0 Å². The van der Waals surface area contributed by atoms with Crippen LogP contribution in [0.4, 0.5) is 10.3 Å². The molecule has 3 heterocycles. The summed E-state index contributed by atoms with van der Waals surface area (Å²) in [6.07, 6.45) is 5.28. The molecular weight excluding hydrogens is 443 g/mol. The van der Waals surface area contributed by atoms with E-state index in [0.29, 0.717) is 18.1 Å². The predicted molar refractivity (Wildman–Crippen MR) is 112 cm³/mol. The van der Waals surface area contributed by atoms with Crippen LogP contribution >= 0.6 is 27.3 Å². The van der Waals surface area contributed by atoms with Crippen molar-refractivity contribution in [1.29, 1.82) is 0 Å². The average molecular weight is 461 g/mol. The van der Waals surface area contributed by atoms with Gasteiger partial charge < -0.3 is 10.2 Å². The molecule has 5 nitrogen and oxygen atoms in total. The first-order valence-corrected chi connectivity index (χ1v) is 10.6. The SMILES string of the molecule is O=C(c1ccsc1-c1ccc(F)cc1)N1CCC[C@H]1CNc1ncc(Br)cn1. The standard InChI is InChI=1S/C20H18BrFN4OS/c21-14-10-23-20(24-11-14)25-12-16-2-1-8-26(16)19(27)17-7-9-28-18(17)13-3-5-15(22)6-4-13/h3-7,9-11,16H,1-2,8,12H2,(H,23,24,25)/t16-/m0/s1. The molecule has 1 aliphatic heterocycles. The Bertz CT molecular complexity index is 961. The maximum Gasteiger partial charge on any atom is 0.255 e. The molecule has 0 aliphatic carbocycles. The van der Waals surface area contributed by atoms with Gasteiger partial charge in [0.15, 0.2) is 0 Å². The summed E-state index contributed by atoms with van der Waals surface area (Å²) in [5.41, 5.74) is 1.53. The van der Waals surface area contributed by atoms with Crippen LogP contribution in [0.5, 0.6) is 0 Å². The monoisotopic (exact) mass is 460 g/mol. The van der Waals surface area contributed by atoms with Gasteiger partial charge in [-0.15, -0.1) is 11.3 Å². The van der Waals surface area contributed by atoms with Gasteiger partial charge in [0.2, 0.25) is 5.95 Å². The van der Waals surface area contributed by atoms with Crippen LogP contribution in [0.2, 0.25) is 0 Å². The number of nitrogens with zero attached hydrogens (tertiary/aromatic N) is 3. The van der Waals surface area contributed by atoms with Crippen LogP contribution in [0.15, 0.2) is 52.6 Å². The Kier molecular flexibility index (Phi) is 5.68. The van der Waals surface area contributed by atoms with Crippen LogP contribution in [0.1, 0.15) is 23.2 Å². The highest BCUT2D eigenvalue weighted by atomic mass is 79.9. The fraction of sp³-hybridized carbons (Fsp3) is 0.250. The molecule has 3 aromatic rings. The zero-order valence-corrected chi connectivity index (χ0v) is 17.3. The van der Waals surface area contributed by atoms with E-state index in [1.807, 2.05) is 16.3 Å². The van der Waals surface area contributed by atoms with E-state index < -0.39 is 0 Å². The van der Waals surface area contributed by atoms with Crippen molar-refractivity contribution in [3.05, 3.63) is 64.0 Å². The Labute approximate surface area is 174 Å². The number of anilines is 1. The summed E-state index contributed by atoms with van der Waals surface area (Å²) in [6.45, 7) is 1.33. The van der Waals surface area contributed by atoms with Crippen LogP contribution in [-0.4, -0.2) is 39.9 Å². The van der Waals surface area contributed by atoms with E-state index in [9.17, 15) is 9.18 Å². The van der Waals surface area contributed by atoms with E-state index in [4.69, 9.17) is 0 Å². The summed E-state index contributed by atoms with van der Waals surface area (Å²) in [7, 11) is 0. The molecule has 0 spiro atoms. The molecule has 1 saturated heterocycles. The maximum atomic E-state index is 13.2. The Balaban J connectivity index is 1.49. The maximum absolute atomic E-state index is 13.2. The van der Waals surface area contributed by atoms with Crippen molar-refractivity contribution in [2.75, 3.05) is 18.4 Å². The number of thiophene rings is 1. The minimum absolute atomic E-state index is 0.0154. The first kappa shape index (κ1) is 19.0. The Hall–Kier alpha value is -2.32. The average Bonchev–Trinajstić information content (AvgIpc) is 3.37. The second-order valence-corrected chi connectivity index (χ2v) is 8.40. The molecule has 0 saturated carbocycles. The van der Waals surface area contributed by atoms with E-state index in [2.05, 4.69) is 31.2 Å². The quantitative estimate of drug-likeness (QED) is 0.592. The van der Waals surface area contributed by atoms with Crippen LogP contribution in [0, 0.1) is 5.82 Å². The van der Waals surface area contributed by atoms with Crippen molar-refractivity contribution < 1.29 is 9.18 Å². The van der Waals surface area contributed by atoms with Crippen molar-refractivity contribution in [2.45, 2.75) is 18.9 Å². The normalized spacial score (nSPS) is 16.4. The summed E-state index contributed by atoms with van der Waals surface area (Å²) >= 11 is 4.82. The fourth-order valence-electron chi connectivity index (χ4n) is 3.39. The molecule has 8 heteroatoms. The molecule has 0 bridgehead atoms. The molecule has 1 N–H and O–H groups in total. The lowest BCUT2D eigenvalue weighted by molar-refractivity contribution is 0.0745. The molecule has 28 heavy (non-hydrogen) atoms. The molecule has 2 aromatic heterocycles. The lowest BCUT2D eigenvalue weighted by Crippen LogP contribution is -2.39. The number of nitrogens with one attached hydrogen (secondary N) is 1. The second kappa shape index (κ2) is 8.36. The number of halogens is 2. The van der Waals surface area contributed by atoms with Gasteiger partial charge in [0.25, 0.3) is 5.91 Å². The number of rotatable bonds is 5. The minimum atomic E-state index is -0.283. The summed E-state index contributed by atoms with van der Waals surface area (Å²) in [6, 6.07) is 8.21. The number of benzene rings is 1. The summed E-state index contributed by atoms with van der Waals surface area (Å²) < 4.78 is 14.1. The van der Waals surface area contributed by atoms with Crippen LogP contribution in [-0.2, 0) is 0 Å². The first-order chi connectivity index (χ1) is 13.6. The van der Waals surface area contributed by atoms with Gasteiger partial charge in [-0.25, -0.2) is 14.4 Å². The fourth-order valence-corrected chi connectivity index (χ4v) is 4.48. The topological polar surface area (TPSA) is 58.1 Å². The smallest absolute Gasteiger partial charge is 0.255 e. The highest BCUT2D eigenvalue weighted by Gasteiger charge is 2.31. The van der Waals surface area contributed by atoms with Crippen LogP contribution in [0.25, 0.3) is 10.4 Å². The molecule has 1 aromatic carbocycles. The van der Waals surface area contributed by atoms with Crippen molar-refractivity contribution in [1.82, 2.24) is 14.9 Å². The number of likely N-dealkylation sites (tertiary alicyclic amines) is 1. The highest BCUT2D eigenvalue weighted by Crippen LogP contribution is 2.32. The van der Waals surface area contributed by atoms with Gasteiger partial charge in [-0.1, -0.05) is 12.1 Å². The van der Waals surface area contributed by atoms with E-state index in [-0.39, 0.29) is 17.8 Å². The number of hydrogen-bond donors (Lipinski definition) is 1. The number of carbonyl (C=O) groups is 1. The second-order valence-electron chi connectivity index (χ2n) is 6.57. The van der Waals surface area contributed by atoms with Gasteiger partial charge in [0.1, 0.15) is 5.82 Å². The third-order valence-electron chi connectivity index (χ3n) is 4.76. The van der Waals surface area contributed by atoms with Gasteiger partial charge in [-0.2, -0.15) is 0 Å². The number of aromatic nitrogens is 2. The van der Waals surface area contributed by atoms with Gasteiger partial charge in [-0.05, 0) is 57.9 Å². The van der Waals surface area contributed by atoms with Crippen molar-refractivity contribution >= 4 is 39.1 Å². The van der Waals surface area contributed by atoms with Crippen molar-refractivity contribution in [3.8, 4) is 10.4 Å². The van der Waals surface area contributed by atoms with Gasteiger partial charge in [-0.3, -0.25) is 4.79 Å². The molecule has 0 radical (unpaired) electrons. The molecule has 1 aliphatic rings. The summed E-state index contributed by atoms with van der Waals surface area (Å²) in [5.74, 6) is 0.278. The van der Waals surface area contributed by atoms with Crippen molar-refractivity contribution in [2.24, 2.45) is 0 Å². The van der Waals surface area contributed by atoms with E-state index in [1.165, 1.54) is 23.5 Å². The van der Waals surface area contributed by atoms with Crippen LogP contribution < -0.4 is 5.32 Å². The van der Waals surface area contributed by atoms with E-state index in [0.717, 1.165) is 34.3 Å². The number of amides is 1. The third kappa shape index (κ3) is 4.07. The predicted octanol–water partition coefficient (Wildman–Crippen LogP) is 4.82. The molecule has 1 atom stereocenters. The third-order valence-corrected chi connectivity index (χ3v) is 6.13. The Morgan fingerprint density at radius 3 is 2.75 bits per heavy atom. The molecule has 0 unspecified atom stereocenters. The zero-order chi connectivity index (χ0) is 19.5. The number of carbonyl (C=O) groups excluding carboxylic acids is 1. The minimum Gasteiger partial charge on any atom is -0.352 e. The lowest BCUT2D eigenvalue weighted by Gasteiger charge is -2.25. The molecule has 144 valence electrons. The molecule has 1 fully saturated rings. The van der Waals surface area contributed by atoms with Crippen molar-refractivity contribution in [3.63, 3.8) is 0 Å². The summed E-state index contributed by atoms with van der Waals surface area (Å²) in [5, 5.41) is 5.13. The van der Waals surface area contributed by atoms with Crippen LogP contribution in [0.3, 0.4) is 0 Å². The lowest BCUT2D eigenvalue weighted by atomic mass is 10.1. The number of hydrogen-bond acceptors (Lipinski definition) is 5. The Morgan fingerprint density at radius 1 is 1.25 bits per heavy atom.